The number of nitrogens with zero attached hydrogens (tertiary/aromatic N) is 2. The van der Waals surface area contributed by atoms with Crippen LogP contribution in [0.1, 0.15) is 25.3 Å². The van der Waals surface area contributed by atoms with E-state index in [0.717, 1.165) is 48.7 Å². The van der Waals surface area contributed by atoms with Crippen LogP contribution >= 0.6 is 23.2 Å². The summed E-state index contributed by atoms with van der Waals surface area (Å²) < 4.78 is 6.36. The van der Waals surface area contributed by atoms with Crippen molar-refractivity contribution in [1.82, 2.24) is 4.90 Å². The molecule has 0 radical (unpaired) electrons. The van der Waals surface area contributed by atoms with E-state index in [2.05, 4.69) is 10.2 Å². The van der Waals surface area contributed by atoms with E-state index in [1.165, 1.54) is 6.92 Å². The maximum atomic E-state index is 11.7. The van der Waals surface area contributed by atoms with Gasteiger partial charge in [-0.05, 0) is 29.8 Å². The minimum absolute atomic E-state index is 0.0522. The molecule has 2 aromatic carbocycles. The molecule has 2 atom stereocenters. The first-order valence-corrected chi connectivity index (χ1v) is 11.9. The number of aromatic hydroxyl groups is 1. The van der Waals surface area contributed by atoms with Gasteiger partial charge in [0.25, 0.3) is 0 Å². The Morgan fingerprint density at radius 3 is 2.67 bits per heavy atom. The largest absolute Gasteiger partial charge is 0.506 e. The number of aliphatic hydroxyl groups excluding tert-OH is 1. The molecule has 176 valence electrons. The Balaban J connectivity index is 1.28. The summed E-state index contributed by atoms with van der Waals surface area (Å²) >= 11 is 12.2. The maximum Gasteiger partial charge on any atom is 0.221 e. The lowest BCUT2D eigenvalue weighted by molar-refractivity contribution is -0.114. The number of nitrogens with one attached hydrogen (secondary N) is 1. The molecule has 2 aromatic rings. The Labute approximate surface area is 202 Å². The fraction of sp³-hybridized carbons (Fsp3) is 0.458. The van der Waals surface area contributed by atoms with E-state index in [4.69, 9.17) is 27.9 Å². The number of carbonyl (C=O) groups is 1. The fourth-order valence-corrected chi connectivity index (χ4v) is 5.73. The molecule has 0 bridgehead atoms. The van der Waals surface area contributed by atoms with Crippen molar-refractivity contribution < 1.29 is 19.7 Å². The van der Waals surface area contributed by atoms with Crippen LogP contribution in [0.3, 0.4) is 0 Å². The van der Waals surface area contributed by atoms with Crippen molar-refractivity contribution in [2.45, 2.75) is 43.9 Å². The number of piperidine rings is 1. The molecule has 2 fully saturated rings. The molecule has 3 heterocycles. The topological polar surface area (TPSA) is 85.3 Å². The van der Waals surface area contributed by atoms with E-state index < -0.39 is 6.10 Å². The third kappa shape index (κ3) is 4.35. The van der Waals surface area contributed by atoms with Crippen molar-refractivity contribution in [3.05, 3.63) is 45.9 Å². The second-order valence-corrected chi connectivity index (χ2v) is 10.1. The SMILES string of the molecule is CC(=O)Nc1cc(Cl)c(O)cc1N1CC(N2CCC3(CC2)Cc2cc(Cl)ccc2O3)[C@H](O)C1. The molecule has 9 heteroatoms. The van der Waals surface area contributed by atoms with Crippen LogP contribution in [0.4, 0.5) is 11.4 Å². The average Bonchev–Trinajstić information content (AvgIpc) is 3.30. The van der Waals surface area contributed by atoms with Gasteiger partial charge in [-0.1, -0.05) is 23.2 Å². The Hall–Kier alpha value is -2.19. The highest BCUT2D eigenvalue weighted by molar-refractivity contribution is 6.32. The summed E-state index contributed by atoms with van der Waals surface area (Å²) in [4.78, 5) is 16.0. The summed E-state index contributed by atoms with van der Waals surface area (Å²) in [6, 6.07) is 8.84. The molecular formula is C24H27Cl2N3O4. The van der Waals surface area contributed by atoms with Gasteiger partial charge in [-0.15, -0.1) is 0 Å². The van der Waals surface area contributed by atoms with E-state index in [9.17, 15) is 15.0 Å². The molecule has 1 unspecified atom stereocenters. The average molecular weight is 492 g/mol. The van der Waals surface area contributed by atoms with Gasteiger partial charge in [-0.25, -0.2) is 0 Å². The van der Waals surface area contributed by atoms with Crippen molar-refractivity contribution in [3.8, 4) is 11.5 Å². The molecule has 1 amide bonds. The first kappa shape index (κ1) is 22.6. The van der Waals surface area contributed by atoms with E-state index in [0.29, 0.717) is 24.5 Å². The van der Waals surface area contributed by atoms with Gasteiger partial charge in [0.15, 0.2) is 0 Å². The van der Waals surface area contributed by atoms with Crippen molar-refractivity contribution in [3.63, 3.8) is 0 Å². The highest BCUT2D eigenvalue weighted by Gasteiger charge is 2.45. The van der Waals surface area contributed by atoms with Crippen LogP contribution in [0.25, 0.3) is 0 Å². The lowest BCUT2D eigenvalue weighted by Gasteiger charge is -2.41. The number of amides is 1. The van der Waals surface area contributed by atoms with Gasteiger partial charge in [-0.3, -0.25) is 9.69 Å². The third-order valence-electron chi connectivity index (χ3n) is 7.02. The number of ether oxygens (including phenoxy) is 1. The predicted molar refractivity (Wildman–Crippen MR) is 129 cm³/mol. The standard InChI is InChI=1S/C24H27Cl2N3O4/c1-14(30)27-18-9-17(26)21(31)10-19(18)29-12-20(22(32)13-29)28-6-4-24(5-7-28)11-15-8-16(25)2-3-23(15)33-24/h2-3,8-10,20,22,31-32H,4-7,11-13H2,1H3,(H,27,30)/t20?,22-/m1/s1. The van der Waals surface area contributed by atoms with Crippen molar-refractivity contribution >= 4 is 40.5 Å². The van der Waals surface area contributed by atoms with Crippen LogP contribution in [-0.2, 0) is 11.2 Å². The number of benzene rings is 2. The van der Waals surface area contributed by atoms with Gasteiger partial charge in [0, 0.05) is 63.5 Å². The van der Waals surface area contributed by atoms with Crippen LogP contribution in [0.15, 0.2) is 30.3 Å². The first-order valence-electron chi connectivity index (χ1n) is 11.2. The molecule has 1 spiro atoms. The molecule has 3 N–H and O–H groups in total. The van der Waals surface area contributed by atoms with E-state index >= 15 is 0 Å². The number of β-amino-alcohol motifs (C(OH)–C–C–N with tert-alkyl or cyclic N) is 1. The van der Waals surface area contributed by atoms with Gasteiger partial charge >= 0.3 is 0 Å². The number of phenols is 1. The maximum absolute atomic E-state index is 11.7. The van der Waals surface area contributed by atoms with Crippen molar-refractivity contribution in [1.29, 1.82) is 0 Å². The van der Waals surface area contributed by atoms with Crippen LogP contribution in [0, 0.1) is 0 Å². The van der Waals surface area contributed by atoms with E-state index in [1.807, 2.05) is 23.1 Å². The van der Waals surface area contributed by atoms with Crippen LogP contribution in [0.5, 0.6) is 11.5 Å². The summed E-state index contributed by atoms with van der Waals surface area (Å²) in [5.74, 6) is 0.638. The van der Waals surface area contributed by atoms with E-state index in [-0.39, 0.29) is 28.3 Å². The predicted octanol–water partition coefficient (Wildman–Crippen LogP) is 3.68. The Kier molecular flexibility index (Phi) is 5.85. The highest BCUT2D eigenvalue weighted by atomic mass is 35.5. The zero-order chi connectivity index (χ0) is 23.3. The molecule has 5 rings (SSSR count). The number of phenolic OH excluding ortho intramolecular Hbond substituents is 1. The molecule has 3 aliphatic heterocycles. The normalized spacial score (nSPS) is 24.1. The molecule has 3 aliphatic rings. The highest BCUT2D eigenvalue weighted by Crippen LogP contribution is 2.43. The summed E-state index contributed by atoms with van der Waals surface area (Å²) in [7, 11) is 0. The molecule has 0 aromatic heterocycles. The van der Waals surface area contributed by atoms with Crippen LogP contribution in [0.2, 0.25) is 10.0 Å². The first-order chi connectivity index (χ1) is 15.7. The van der Waals surface area contributed by atoms with Crippen molar-refractivity contribution in [2.75, 3.05) is 36.4 Å². The van der Waals surface area contributed by atoms with Gasteiger partial charge < -0.3 is 25.2 Å². The Morgan fingerprint density at radius 2 is 1.94 bits per heavy atom. The molecule has 2 saturated heterocycles. The number of anilines is 2. The van der Waals surface area contributed by atoms with E-state index in [1.54, 1.807) is 12.1 Å². The molecule has 7 nitrogen and oxygen atoms in total. The summed E-state index contributed by atoms with van der Waals surface area (Å²) in [5, 5.41) is 24.7. The number of aliphatic hydroxyl groups is 1. The lowest BCUT2D eigenvalue weighted by Crippen LogP contribution is -2.53. The summed E-state index contributed by atoms with van der Waals surface area (Å²) in [6.45, 7) is 4.05. The number of rotatable bonds is 3. The molecule has 0 saturated carbocycles. The second kappa shape index (κ2) is 8.55. The van der Waals surface area contributed by atoms with Gasteiger partial charge in [-0.2, -0.15) is 0 Å². The number of halogens is 2. The minimum Gasteiger partial charge on any atom is -0.506 e. The number of carbonyl (C=O) groups excluding carboxylic acids is 1. The zero-order valence-corrected chi connectivity index (χ0v) is 19.9. The van der Waals surface area contributed by atoms with Crippen LogP contribution in [-0.4, -0.2) is 64.9 Å². The van der Waals surface area contributed by atoms with Gasteiger partial charge in [0.2, 0.25) is 5.91 Å². The van der Waals surface area contributed by atoms with Gasteiger partial charge in [0.05, 0.1) is 28.5 Å². The fourth-order valence-electron chi connectivity index (χ4n) is 5.37. The second-order valence-electron chi connectivity index (χ2n) is 9.29. The lowest BCUT2D eigenvalue weighted by atomic mass is 9.86. The zero-order valence-electron chi connectivity index (χ0n) is 18.4. The Morgan fingerprint density at radius 1 is 1.18 bits per heavy atom. The monoisotopic (exact) mass is 491 g/mol. The number of hydrogen-bond acceptors (Lipinski definition) is 6. The molecule has 33 heavy (non-hydrogen) atoms. The molecular weight excluding hydrogens is 465 g/mol. The number of fused-ring (bicyclic) bond motifs is 1. The quantitative estimate of drug-likeness (QED) is 0.567. The summed E-state index contributed by atoms with van der Waals surface area (Å²) in [5.41, 5.74) is 2.13. The Bertz CT molecular complexity index is 1090. The van der Waals surface area contributed by atoms with Gasteiger partial charge in [0.1, 0.15) is 17.1 Å². The smallest absolute Gasteiger partial charge is 0.221 e. The molecule has 0 aliphatic carbocycles. The minimum atomic E-state index is -0.553. The summed E-state index contributed by atoms with van der Waals surface area (Å²) in [6.07, 6.45) is 2.06. The van der Waals surface area contributed by atoms with Crippen LogP contribution < -0.4 is 15.0 Å². The van der Waals surface area contributed by atoms with Crippen molar-refractivity contribution in [2.24, 2.45) is 0 Å². The number of hydrogen-bond donors (Lipinski definition) is 3. The third-order valence-corrected chi connectivity index (χ3v) is 7.55. The number of likely N-dealkylation sites (tertiary alicyclic amines) is 1.